The second-order valence-electron chi connectivity index (χ2n) is 7.68. The summed E-state index contributed by atoms with van der Waals surface area (Å²) in [6.45, 7) is 2.78. The number of benzene rings is 2. The summed E-state index contributed by atoms with van der Waals surface area (Å²) in [4.78, 5) is 26.9. The monoisotopic (exact) mass is 435 g/mol. The second-order valence-corrected chi connectivity index (χ2v) is 7.68. The van der Waals surface area contributed by atoms with E-state index in [0.29, 0.717) is 30.0 Å². The Labute approximate surface area is 187 Å². The highest BCUT2D eigenvalue weighted by atomic mass is 19.1. The molecule has 1 saturated heterocycles. The van der Waals surface area contributed by atoms with Gasteiger partial charge >= 0.3 is 0 Å². The Balaban J connectivity index is 1.39. The predicted octanol–water partition coefficient (Wildman–Crippen LogP) is 3.43. The number of nitriles is 1. The molecule has 2 aromatic carbocycles. The van der Waals surface area contributed by atoms with Crippen molar-refractivity contribution in [2.75, 3.05) is 33.3 Å². The first-order chi connectivity index (χ1) is 15.5. The van der Waals surface area contributed by atoms with Crippen LogP contribution in [0.1, 0.15) is 34.3 Å². The molecule has 2 aromatic rings. The van der Waals surface area contributed by atoms with Crippen molar-refractivity contribution in [1.29, 1.82) is 5.26 Å². The van der Waals surface area contributed by atoms with Gasteiger partial charge in [0.15, 0.2) is 5.78 Å². The summed E-state index contributed by atoms with van der Waals surface area (Å²) in [6.07, 6.45) is 4.60. The molecule has 0 unspecified atom stereocenters. The van der Waals surface area contributed by atoms with Crippen LogP contribution in [-0.4, -0.2) is 49.9 Å². The molecule has 0 bridgehead atoms. The van der Waals surface area contributed by atoms with Gasteiger partial charge in [0.1, 0.15) is 17.6 Å². The standard InChI is InChI=1S/C25H26FN3O3/c1-32-23-8-2-18(16-21(23)17-27)3-9-24(30)28-12-15-29-13-10-20(11-14-29)25(31)19-4-6-22(26)7-5-19/h2-9,16,20H,10-15H2,1H3,(H,28,30)/b9-3+. The SMILES string of the molecule is COc1ccc(/C=C/C(=O)NCCN2CCC(C(=O)c3ccc(F)cc3)CC2)cc1C#N. The van der Waals surface area contributed by atoms with Crippen molar-refractivity contribution < 1.29 is 18.7 Å². The van der Waals surface area contributed by atoms with Crippen molar-refractivity contribution in [2.45, 2.75) is 12.8 Å². The van der Waals surface area contributed by atoms with Crippen LogP contribution < -0.4 is 10.1 Å². The lowest BCUT2D eigenvalue weighted by Crippen LogP contribution is -2.40. The molecule has 1 heterocycles. The molecular weight excluding hydrogens is 409 g/mol. The minimum Gasteiger partial charge on any atom is -0.495 e. The van der Waals surface area contributed by atoms with Crippen molar-refractivity contribution in [3.63, 3.8) is 0 Å². The topological polar surface area (TPSA) is 82.4 Å². The van der Waals surface area contributed by atoms with Gasteiger partial charge in [-0.1, -0.05) is 6.07 Å². The maximum atomic E-state index is 13.0. The van der Waals surface area contributed by atoms with E-state index in [9.17, 15) is 14.0 Å². The summed E-state index contributed by atoms with van der Waals surface area (Å²) < 4.78 is 18.2. The third-order valence-corrected chi connectivity index (χ3v) is 5.59. The Hall–Kier alpha value is -3.50. The van der Waals surface area contributed by atoms with Gasteiger partial charge in [-0.05, 0) is 74.0 Å². The van der Waals surface area contributed by atoms with E-state index < -0.39 is 0 Å². The average Bonchev–Trinajstić information content (AvgIpc) is 2.83. The Kier molecular flexibility index (Phi) is 8.12. The molecule has 1 aliphatic rings. The van der Waals surface area contributed by atoms with Gasteiger partial charge in [-0.3, -0.25) is 9.59 Å². The Morgan fingerprint density at radius 2 is 1.94 bits per heavy atom. The first-order valence-corrected chi connectivity index (χ1v) is 10.6. The molecule has 1 amide bonds. The molecule has 1 aliphatic heterocycles. The summed E-state index contributed by atoms with van der Waals surface area (Å²) in [5, 5.41) is 12.0. The van der Waals surface area contributed by atoms with Gasteiger partial charge in [0.2, 0.25) is 5.91 Å². The highest BCUT2D eigenvalue weighted by Crippen LogP contribution is 2.22. The summed E-state index contributed by atoms with van der Waals surface area (Å²) in [5.41, 5.74) is 1.71. The van der Waals surface area contributed by atoms with Gasteiger partial charge in [-0.15, -0.1) is 0 Å². The van der Waals surface area contributed by atoms with Crippen molar-refractivity contribution in [1.82, 2.24) is 10.2 Å². The normalized spacial score (nSPS) is 14.8. The van der Waals surface area contributed by atoms with Crippen LogP contribution in [-0.2, 0) is 4.79 Å². The van der Waals surface area contributed by atoms with E-state index in [2.05, 4.69) is 16.3 Å². The quantitative estimate of drug-likeness (QED) is 0.507. The Morgan fingerprint density at radius 1 is 1.22 bits per heavy atom. The molecule has 0 radical (unpaired) electrons. The fraction of sp³-hybridized carbons (Fsp3) is 0.320. The number of halogens is 1. The number of ether oxygens (including phenoxy) is 1. The van der Waals surface area contributed by atoms with Crippen LogP contribution in [0.3, 0.4) is 0 Å². The van der Waals surface area contributed by atoms with Crippen LogP contribution in [0.25, 0.3) is 6.08 Å². The maximum absolute atomic E-state index is 13.0. The van der Waals surface area contributed by atoms with E-state index >= 15 is 0 Å². The summed E-state index contributed by atoms with van der Waals surface area (Å²) in [6, 6.07) is 12.9. The van der Waals surface area contributed by atoms with E-state index in [-0.39, 0.29) is 23.4 Å². The van der Waals surface area contributed by atoms with Crippen molar-refractivity contribution in [3.8, 4) is 11.8 Å². The van der Waals surface area contributed by atoms with Crippen LogP contribution in [0.5, 0.6) is 5.75 Å². The molecule has 0 saturated carbocycles. The number of amides is 1. The van der Waals surface area contributed by atoms with Crippen LogP contribution in [0.15, 0.2) is 48.5 Å². The van der Waals surface area contributed by atoms with E-state index in [0.717, 1.165) is 31.5 Å². The molecule has 32 heavy (non-hydrogen) atoms. The number of nitrogens with zero attached hydrogens (tertiary/aromatic N) is 2. The zero-order chi connectivity index (χ0) is 22.9. The van der Waals surface area contributed by atoms with Crippen molar-refractivity contribution in [2.24, 2.45) is 5.92 Å². The average molecular weight is 435 g/mol. The maximum Gasteiger partial charge on any atom is 0.244 e. The number of carbonyl (C=O) groups is 2. The molecule has 0 aliphatic carbocycles. The zero-order valence-electron chi connectivity index (χ0n) is 18.0. The first kappa shape index (κ1) is 23.2. The number of carbonyl (C=O) groups excluding carboxylic acids is 2. The van der Waals surface area contributed by atoms with E-state index in [4.69, 9.17) is 10.00 Å². The lowest BCUT2D eigenvalue weighted by molar-refractivity contribution is -0.116. The Morgan fingerprint density at radius 3 is 2.59 bits per heavy atom. The van der Waals surface area contributed by atoms with Gasteiger partial charge in [0, 0.05) is 30.6 Å². The van der Waals surface area contributed by atoms with Crippen LogP contribution >= 0.6 is 0 Å². The van der Waals surface area contributed by atoms with Crippen LogP contribution in [0.4, 0.5) is 4.39 Å². The molecule has 0 spiro atoms. The second kappa shape index (κ2) is 11.2. The lowest BCUT2D eigenvalue weighted by Gasteiger charge is -2.31. The number of hydrogen-bond acceptors (Lipinski definition) is 5. The number of nitrogens with one attached hydrogen (secondary N) is 1. The number of piperidine rings is 1. The van der Waals surface area contributed by atoms with Crippen molar-refractivity contribution >= 4 is 17.8 Å². The fourth-order valence-electron chi connectivity index (χ4n) is 3.75. The van der Waals surface area contributed by atoms with E-state index in [1.54, 1.807) is 36.4 Å². The molecule has 1 fully saturated rings. The van der Waals surface area contributed by atoms with Crippen LogP contribution in [0.2, 0.25) is 0 Å². The highest BCUT2D eigenvalue weighted by Gasteiger charge is 2.25. The zero-order valence-corrected chi connectivity index (χ0v) is 18.0. The van der Waals surface area contributed by atoms with Gasteiger partial charge in [0.05, 0.1) is 12.7 Å². The fourth-order valence-corrected chi connectivity index (χ4v) is 3.75. The van der Waals surface area contributed by atoms with Crippen molar-refractivity contribution in [3.05, 3.63) is 71.0 Å². The van der Waals surface area contributed by atoms with E-state index in [1.165, 1.54) is 25.3 Å². The number of Topliss-reactive ketones (excluding diaryl/α,β-unsaturated/α-hetero) is 1. The summed E-state index contributed by atoms with van der Waals surface area (Å²) >= 11 is 0. The minimum absolute atomic E-state index is 0.0444. The molecular formula is C25H26FN3O3. The van der Waals surface area contributed by atoms with E-state index in [1.807, 2.05) is 0 Å². The molecule has 3 rings (SSSR count). The number of rotatable bonds is 8. The minimum atomic E-state index is -0.343. The number of hydrogen-bond donors (Lipinski definition) is 1. The van der Waals surface area contributed by atoms with Gasteiger partial charge in [0.25, 0.3) is 0 Å². The van der Waals surface area contributed by atoms with Gasteiger partial charge in [-0.25, -0.2) is 4.39 Å². The van der Waals surface area contributed by atoms with Crippen LogP contribution in [0, 0.1) is 23.1 Å². The molecule has 1 N–H and O–H groups in total. The molecule has 166 valence electrons. The van der Waals surface area contributed by atoms with Gasteiger partial charge < -0.3 is 15.0 Å². The first-order valence-electron chi connectivity index (χ1n) is 10.6. The largest absolute Gasteiger partial charge is 0.495 e. The number of methoxy groups -OCH3 is 1. The smallest absolute Gasteiger partial charge is 0.244 e. The third-order valence-electron chi connectivity index (χ3n) is 5.59. The Bertz CT molecular complexity index is 1020. The molecule has 0 atom stereocenters. The number of likely N-dealkylation sites (tertiary alicyclic amines) is 1. The summed E-state index contributed by atoms with van der Waals surface area (Å²) in [7, 11) is 1.50. The third kappa shape index (κ3) is 6.25. The number of ketones is 1. The molecule has 6 nitrogen and oxygen atoms in total. The molecule has 0 aromatic heterocycles. The highest BCUT2D eigenvalue weighted by molar-refractivity contribution is 5.97. The summed E-state index contributed by atoms with van der Waals surface area (Å²) in [5.74, 6) is -0.0275. The predicted molar refractivity (Wildman–Crippen MR) is 120 cm³/mol. The molecule has 7 heteroatoms. The lowest BCUT2D eigenvalue weighted by atomic mass is 9.89. The van der Waals surface area contributed by atoms with Gasteiger partial charge in [-0.2, -0.15) is 5.26 Å².